The number of hydrogen-bond acceptors (Lipinski definition) is 3. The molecule has 78 valence electrons. The Hall–Kier alpha value is -0.120. The van der Waals surface area contributed by atoms with E-state index in [0.717, 1.165) is 38.9 Å². The summed E-state index contributed by atoms with van der Waals surface area (Å²) in [5.74, 6) is 0. The van der Waals surface area contributed by atoms with Crippen molar-refractivity contribution in [3.05, 3.63) is 0 Å². The van der Waals surface area contributed by atoms with Crippen LogP contribution in [-0.2, 0) is 4.74 Å². The minimum atomic E-state index is 0.828. The minimum Gasteiger partial charge on any atom is -0.380 e. The van der Waals surface area contributed by atoms with Gasteiger partial charge in [-0.3, -0.25) is 0 Å². The smallest absolute Gasteiger partial charge is 0.0593 e. The summed E-state index contributed by atoms with van der Waals surface area (Å²) in [5.41, 5.74) is 0. The summed E-state index contributed by atoms with van der Waals surface area (Å²) in [6, 6.07) is 0.834. The molecule has 1 N–H and O–H groups in total. The molecule has 0 amide bonds. The Morgan fingerprint density at radius 3 is 2.77 bits per heavy atom. The van der Waals surface area contributed by atoms with Crippen LogP contribution in [0.15, 0.2) is 0 Å². The van der Waals surface area contributed by atoms with Crippen molar-refractivity contribution >= 4 is 0 Å². The lowest BCUT2D eigenvalue weighted by Crippen LogP contribution is -2.32. The van der Waals surface area contributed by atoms with Crippen molar-refractivity contribution in [2.24, 2.45) is 0 Å². The molecule has 0 saturated heterocycles. The molecule has 1 aliphatic rings. The van der Waals surface area contributed by atoms with E-state index in [2.05, 4.69) is 17.3 Å². The number of hydrogen-bond donors (Lipinski definition) is 1. The third-order valence-corrected chi connectivity index (χ3v) is 2.33. The molecule has 1 fully saturated rings. The van der Waals surface area contributed by atoms with Crippen molar-refractivity contribution < 1.29 is 4.74 Å². The lowest BCUT2D eigenvalue weighted by molar-refractivity contribution is 0.122. The van der Waals surface area contributed by atoms with E-state index in [1.807, 2.05) is 6.92 Å². The Bertz CT molecular complexity index is 126. The van der Waals surface area contributed by atoms with Crippen LogP contribution < -0.4 is 5.32 Å². The van der Waals surface area contributed by atoms with E-state index in [0.29, 0.717) is 0 Å². The fourth-order valence-corrected chi connectivity index (χ4v) is 1.22. The molecule has 3 nitrogen and oxygen atoms in total. The molecule has 0 spiro atoms. The van der Waals surface area contributed by atoms with E-state index in [1.54, 1.807) is 0 Å². The molecule has 1 saturated carbocycles. The third-order valence-electron chi connectivity index (χ3n) is 2.33. The summed E-state index contributed by atoms with van der Waals surface area (Å²) in [6.45, 7) is 7.01. The molecule has 13 heavy (non-hydrogen) atoms. The molecule has 0 radical (unpaired) electrons. The highest BCUT2D eigenvalue weighted by molar-refractivity contribution is 4.80. The summed E-state index contributed by atoms with van der Waals surface area (Å²) in [7, 11) is 2.15. The summed E-state index contributed by atoms with van der Waals surface area (Å²) >= 11 is 0. The number of ether oxygens (including phenoxy) is 1. The maximum absolute atomic E-state index is 5.28. The van der Waals surface area contributed by atoms with E-state index in [4.69, 9.17) is 4.74 Å². The van der Waals surface area contributed by atoms with Crippen LogP contribution in [0.2, 0.25) is 0 Å². The number of rotatable bonds is 8. The second-order valence-electron chi connectivity index (χ2n) is 3.73. The monoisotopic (exact) mass is 186 g/mol. The van der Waals surface area contributed by atoms with Crippen LogP contribution in [0.4, 0.5) is 0 Å². The van der Waals surface area contributed by atoms with E-state index >= 15 is 0 Å². The van der Waals surface area contributed by atoms with Gasteiger partial charge in [0.25, 0.3) is 0 Å². The average Bonchev–Trinajstić information content (AvgIpc) is 2.89. The minimum absolute atomic E-state index is 0.828. The Balaban J connectivity index is 1.81. The van der Waals surface area contributed by atoms with Crippen LogP contribution in [0.3, 0.4) is 0 Å². The highest BCUT2D eigenvalue weighted by atomic mass is 16.5. The zero-order valence-electron chi connectivity index (χ0n) is 8.88. The van der Waals surface area contributed by atoms with Gasteiger partial charge in [0, 0.05) is 32.3 Å². The summed E-state index contributed by atoms with van der Waals surface area (Å²) < 4.78 is 5.28. The topological polar surface area (TPSA) is 24.5 Å². The summed E-state index contributed by atoms with van der Waals surface area (Å²) in [6.07, 6.45) is 2.76. The average molecular weight is 186 g/mol. The highest BCUT2D eigenvalue weighted by Gasteiger charge is 2.19. The van der Waals surface area contributed by atoms with Crippen molar-refractivity contribution in [2.45, 2.75) is 25.8 Å². The van der Waals surface area contributed by atoms with E-state index in [-0.39, 0.29) is 0 Å². The van der Waals surface area contributed by atoms with Crippen LogP contribution in [-0.4, -0.2) is 50.8 Å². The Kier molecular flexibility index (Phi) is 5.35. The molecule has 0 unspecified atom stereocenters. The van der Waals surface area contributed by atoms with Gasteiger partial charge in [-0.1, -0.05) is 0 Å². The number of nitrogens with one attached hydrogen (secondary N) is 1. The third kappa shape index (κ3) is 6.02. The zero-order chi connectivity index (χ0) is 9.52. The Morgan fingerprint density at radius 1 is 1.38 bits per heavy atom. The summed E-state index contributed by atoms with van der Waals surface area (Å²) in [5, 5.41) is 3.50. The predicted molar refractivity (Wildman–Crippen MR) is 55.0 cm³/mol. The first-order valence-corrected chi connectivity index (χ1v) is 5.32. The SMILES string of the molecule is CCOCCN(C)CCNC1CC1. The molecule has 0 atom stereocenters. The first-order chi connectivity index (χ1) is 6.33. The molecule has 0 bridgehead atoms. The summed E-state index contributed by atoms with van der Waals surface area (Å²) in [4.78, 5) is 2.31. The molecule has 0 aromatic heterocycles. The fraction of sp³-hybridized carbons (Fsp3) is 1.00. The van der Waals surface area contributed by atoms with Crippen molar-refractivity contribution in [1.29, 1.82) is 0 Å². The lowest BCUT2D eigenvalue weighted by atomic mass is 10.5. The second kappa shape index (κ2) is 6.35. The molecule has 1 aliphatic carbocycles. The van der Waals surface area contributed by atoms with Gasteiger partial charge in [0.1, 0.15) is 0 Å². The molecular weight excluding hydrogens is 164 g/mol. The van der Waals surface area contributed by atoms with Gasteiger partial charge < -0.3 is 15.0 Å². The van der Waals surface area contributed by atoms with E-state index < -0.39 is 0 Å². The molecule has 0 heterocycles. The molecule has 0 aliphatic heterocycles. The van der Waals surface area contributed by atoms with Crippen molar-refractivity contribution in [3.8, 4) is 0 Å². The van der Waals surface area contributed by atoms with Gasteiger partial charge in [-0.2, -0.15) is 0 Å². The predicted octanol–water partition coefficient (Wildman–Crippen LogP) is 0.707. The second-order valence-corrected chi connectivity index (χ2v) is 3.73. The lowest BCUT2D eigenvalue weighted by Gasteiger charge is -2.16. The first-order valence-electron chi connectivity index (χ1n) is 5.32. The maximum atomic E-state index is 5.28. The van der Waals surface area contributed by atoms with Crippen molar-refractivity contribution in [2.75, 3.05) is 39.9 Å². The van der Waals surface area contributed by atoms with Crippen molar-refractivity contribution in [3.63, 3.8) is 0 Å². The van der Waals surface area contributed by atoms with Crippen LogP contribution in [0.5, 0.6) is 0 Å². The van der Waals surface area contributed by atoms with Crippen LogP contribution >= 0.6 is 0 Å². The van der Waals surface area contributed by atoms with Gasteiger partial charge in [-0.15, -0.1) is 0 Å². The molecular formula is C10H22N2O. The van der Waals surface area contributed by atoms with E-state index in [9.17, 15) is 0 Å². The Morgan fingerprint density at radius 2 is 2.15 bits per heavy atom. The maximum Gasteiger partial charge on any atom is 0.0593 e. The highest BCUT2D eigenvalue weighted by Crippen LogP contribution is 2.17. The number of likely N-dealkylation sites (N-methyl/N-ethyl adjacent to an activating group) is 1. The number of nitrogens with zero attached hydrogens (tertiary/aromatic N) is 1. The molecule has 1 rings (SSSR count). The van der Waals surface area contributed by atoms with Gasteiger partial charge in [-0.05, 0) is 26.8 Å². The fourth-order valence-electron chi connectivity index (χ4n) is 1.22. The van der Waals surface area contributed by atoms with Crippen molar-refractivity contribution in [1.82, 2.24) is 10.2 Å². The van der Waals surface area contributed by atoms with Crippen LogP contribution in [0, 0.1) is 0 Å². The standard InChI is InChI=1S/C10H22N2O/c1-3-13-9-8-12(2)7-6-11-10-4-5-10/h10-11H,3-9H2,1-2H3. The molecule has 0 aromatic rings. The van der Waals surface area contributed by atoms with Gasteiger partial charge in [0.2, 0.25) is 0 Å². The molecule has 0 aromatic carbocycles. The van der Waals surface area contributed by atoms with Crippen LogP contribution in [0.1, 0.15) is 19.8 Å². The normalized spacial score (nSPS) is 16.8. The van der Waals surface area contributed by atoms with Gasteiger partial charge in [0.15, 0.2) is 0 Å². The first kappa shape index (κ1) is 11.0. The van der Waals surface area contributed by atoms with Gasteiger partial charge in [0.05, 0.1) is 6.61 Å². The largest absolute Gasteiger partial charge is 0.380 e. The van der Waals surface area contributed by atoms with Crippen LogP contribution in [0.25, 0.3) is 0 Å². The van der Waals surface area contributed by atoms with Gasteiger partial charge >= 0.3 is 0 Å². The zero-order valence-corrected chi connectivity index (χ0v) is 8.88. The quantitative estimate of drug-likeness (QED) is 0.565. The van der Waals surface area contributed by atoms with E-state index in [1.165, 1.54) is 12.8 Å². The Labute approximate surface area is 81.4 Å². The van der Waals surface area contributed by atoms with Gasteiger partial charge in [-0.25, -0.2) is 0 Å². The molecule has 3 heteroatoms.